The van der Waals surface area contributed by atoms with Gasteiger partial charge in [0.2, 0.25) is 0 Å². The molecule has 5 nitrogen and oxygen atoms in total. The largest absolute Gasteiger partial charge is 0.491 e. The molecule has 144 valence electrons. The van der Waals surface area contributed by atoms with Crippen LogP contribution in [0.15, 0.2) is 48.5 Å². The van der Waals surface area contributed by atoms with Gasteiger partial charge in [0.05, 0.1) is 6.10 Å². The number of β-amino-alcohol motifs (C(OH)–C–C–N with tert-alkyl or cyclic N) is 2. The van der Waals surface area contributed by atoms with Crippen LogP contribution in [0.25, 0.3) is 0 Å². The quantitative estimate of drug-likeness (QED) is 0.779. The maximum absolute atomic E-state index is 10.5. The second kappa shape index (κ2) is 8.40. The van der Waals surface area contributed by atoms with Crippen LogP contribution in [-0.2, 0) is 19.5 Å². The first kappa shape index (κ1) is 18.4. The molecular formula is C22H28N2O3. The Kier molecular flexibility index (Phi) is 5.74. The summed E-state index contributed by atoms with van der Waals surface area (Å²) in [6, 6.07) is 16.5. The predicted octanol–water partition coefficient (Wildman–Crippen LogP) is 1.66. The van der Waals surface area contributed by atoms with Crippen molar-refractivity contribution < 1.29 is 14.9 Å². The van der Waals surface area contributed by atoms with Gasteiger partial charge in [-0.05, 0) is 23.6 Å². The van der Waals surface area contributed by atoms with Crippen LogP contribution >= 0.6 is 0 Å². The number of nitrogens with zero attached hydrogens (tertiary/aromatic N) is 2. The Hall–Kier alpha value is -1.92. The topological polar surface area (TPSA) is 56.2 Å². The van der Waals surface area contributed by atoms with E-state index in [0.717, 1.165) is 37.4 Å². The van der Waals surface area contributed by atoms with Crippen molar-refractivity contribution in [2.24, 2.45) is 0 Å². The van der Waals surface area contributed by atoms with E-state index in [2.05, 4.69) is 34.1 Å². The molecule has 0 amide bonds. The number of aliphatic hydroxyl groups excluding tert-OH is 2. The Morgan fingerprint density at radius 3 is 2.56 bits per heavy atom. The molecule has 0 aliphatic carbocycles. The van der Waals surface area contributed by atoms with Crippen molar-refractivity contribution in [3.63, 3.8) is 0 Å². The Morgan fingerprint density at radius 1 is 1.00 bits per heavy atom. The Bertz CT molecular complexity index is 761. The molecule has 1 unspecified atom stereocenters. The fraction of sp³-hybridized carbons (Fsp3) is 0.455. The fourth-order valence-electron chi connectivity index (χ4n) is 3.93. The maximum Gasteiger partial charge on any atom is 0.123 e. The highest BCUT2D eigenvalue weighted by Crippen LogP contribution is 2.23. The zero-order valence-electron chi connectivity index (χ0n) is 15.6. The summed E-state index contributed by atoms with van der Waals surface area (Å²) in [6.07, 6.45) is 0.317. The molecule has 1 saturated heterocycles. The highest BCUT2D eigenvalue weighted by atomic mass is 16.5. The van der Waals surface area contributed by atoms with Crippen LogP contribution in [0.1, 0.15) is 16.7 Å². The Balaban J connectivity index is 1.28. The smallest absolute Gasteiger partial charge is 0.123 e. The molecule has 2 aliphatic heterocycles. The second-order valence-corrected chi connectivity index (χ2v) is 7.67. The lowest BCUT2D eigenvalue weighted by atomic mass is 10.00. The normalized spacial score (nSPS) is 19.3. The zero-order valence-corrected chi connectivity index (χ0v) is 15.6. The lowest BCUT2D eigenvalue weighted by Crippen LogP contribution is -2.49. The first-order valence-corrected chi connectivity index (χ1v) is 9.75. The molecule has 1 fully saturated rings. The summed E-state index contributed by atoms with van der Waals surface area (Å²) < 4.78 is 5.94. The van der Waals surface area contributed by atoms with Gasteiger partial charge in [-0.15, -0.1) is 0 Å². The first-order chi connectivity index (χ1) is 13.2. The van der Waals surface area contributed by atoms with Crippen LogP contribution in [0.5, 0.6) is 5.75 Å². The standard InChI is InChI=1S/C22H28N2O3/c25-20-13-24(14-20)12-19-7-3-4-8-22(19)27-16-21(26)15-23-10-9-17-5-1-2-6-18(17)11-23/h1-8,20-21,25-26H,9-16H2. The number of benzene rings is 2. The van der Waals surface area contributed by atoms with Crippen molar-refractivity contribution in [3.05, 3.63) is 65.2 Å². The van der Waals surface area contributed by atoms with E-state index in [1.807, 2.05) is 24.3 Å². The lowest BCUT2D eigenvalue weighted by Gasteiger charge is -2.36. The summed E-state index contributed by atoms with van der Waals surface area (Å²) in [5.74, 6) is 0.821. The highest BCUT2D eigenvalue weighted by Gasteiger charge is 2.25. The number of para-hydroxylation sites is 1. The predicted molar refractivity (Wildman–Crippen MR) is 105 cm³/mol. The van der Waals surface area contributed by atoms with Gasteiger partial charge in [0.1, 0.15) is 18.5 Å². The van der Waals surface area contributed by atoms with E-state index in [1.54, 1.807) is 0 Å². The van der Waals surface area contributed by atoms with Crippen molar-refractivity contribution in [2.75, 3.05) is 32.8 Å². The van der Waals surface area contributed by atoms with Crippen LogP contribution in [-0.4, -0.2) is 65.0 Å². The van der Waals surface area contributed by atoms with Crippen molar-refractivity contribution >= 4 is 0 Å². The first-order valence-electron chi connectivity index (χ1n) is 9.75. The molecule has 27 heavy (non-hydrogen) atoms. The minimum atomic E-state index is -0.519. The SMILES string of the molecule is OC(COc1ccccc1CN1CC(O)C1)CN1CCc2ccccc2C1. The third-order valence-electron chi connectivity index (χ3n) is 5.41. The van der Waals surface area contributed by atoms with Gasteiger partial charge >= 0.3 is 0 Å². The van der Waals surface area contributed by atoms with E-state index < -0.39 is 6.10 Å². The minimum absolute atomic E-state index is 0.199. The molecular weight excluding hydrogens is 340 g/mol. The van der Waals surface area contributed by atoms with Gasteiger partial charge in [-0.2, -0.15) is 0 Å². The van der Waals surface area contributed by atoms with E-state index in [1.165, 1.54) is 11.1 Å². The van der Waals surface area contributed by atoms with Gasteiger partial charge in [-0.1, -0.05) is 42.5 Å². The minimum Gasteiger partial charge on any atom is -0.491 e. The van der Waals surface area contributed by atoms with E-state index >= 15 is 0 Å². The molecule has 4 rings (SSSR count). The number of aliphatic hydroxyl groups is 2. The van der Waals surface area contributed by atoms with Crippen molar-refractivity contribution in [1.82, 2.24) is 9.80 Å². The Labute approximate surface area is 160 Å². The third-order valence-corrected chi connectivity index (χ3v) is 5.41. The van der Waals surface area contributed by atoms with Gasteiger partial charge in [-0.25, -0.2) is 0 Å². The molecule has 0 radical (unpaired) electrons. The number of fused-ring (bicyclic) bond motifs is 1. The molecule has 1 atom stereocenters. The van der Waals surface area contributed by atoms with Gasteiger partial charge in [0.25, 0.3) is 0 Å². The van der Waals surface area contributed by atoms with Crippen molar-refractivity contribution in [3.8, 4) is 5.75 Å². The zero-order chi connectivity index (χ0) is 18.6. The third kappa shape index (κ3) is 4.68. The molecule has 2 aromatic carbocycles. The van der Waals surface area contributed by atoms with Crippen LogP contribution in [0, 0.1) is 0 Å². The van der Waals surface area contributed by atoms with E-state index in [9.17, 15) is 10.2 Å². The molecule has 0 aromatic heterocycles. The summed E-state index contributed by atoms with van der Waals surface area (Å²) in [7, 11) is 0. The fourth-order valence-corrected chi connectivity index (χ4v) is 3.93. The summed E-state index contributed by atoms with van der Waals surface area (Å²) in [5, 5.41) is 19.9. The molecule has 5 heteroatoms. The number of hydrogen-bond donors (Lipinski definition) is 2. The van der Waals surface area contributed by atoms with Crippen LogP contribution in [0.2, 0.25) is 0 Å². The number of likely N-dealkylation sites (tertiary alicyclic amines) is 1. The van der Waals surface area contributed by atoms with Gasteiger partial charge < -0.3 is 14.9 Å². The number of hydrogen-bond acceptors (Lipinski definition) is 5. The molecule has 2 heterocycles. The van der Waals surface area contributed by atoms with E-state index in [4.69, 9.17) is 4.74 Å². The molecule has 2 aromatic rings. The average molecular weight is 368 g/mol. The van der Waals surface area contributed by atoms with Gasteiger partial charge in [0, 0.05) is 44.8 Å². The van der Waals surface area contributed by atoms with Crippen molar-refractivity contribution in [1.29, 1.82) is 0 Å². The summed E-state index contributed by atoms with van der Waals surface area (Å²) in [6.45, 7) is 4.97. The summed E-state index contributed by atoms with van der Waals surface area (Å²) >= 11 is 0. The Morgan fingerprint density at radius 2 is 1.74 bits per heavy atom. The van der Waals surface area contributed by atoms with E-state index in [0.29, 0.717) is 19.6 Å². The lowest BCUT2D eigenvalue weighted by molar-refractivity contribution is -0.00357. The van der Waals surface area contributed by atoms with Gasteiger partial charge in [0.15, 0.2) is 0 Å². The molecule has 2 aliphatic rings. The molecule has 2 N–H and O–H groups in total. The molecule has 0 saturated carbocycles. The van der Waals surface area contributed by atoms with Crippen molar-refractivity contribution in [2.45, 2.75) is 31.7 Å². The maximum atomic E-state index is 10.5. The van der Waals surface area contributed by atoms with Crippen LogP contribution in [0.3, 0.4) is 0 Å². The monoisotopic (exact) mass is 368 g/mol. The molecule has 0 spiro atoms. The average Bonchev–Trinajstić information content (AvgIpc) is 2.66. The van der Waals surface area contributed by atoms with E-state index in [-0.39, 0.29) is 12.7 Å². The summed E-state index contributed by atoms with van der Waals surface area (Å²) in [5.41, 5.74) is 3.88. The van der Waals surface area contributed by atoms with Crippen LogP contribution in [0.4, 0.5) is 0 Å². The molecule has 0 bridgehead atoms. The number of ether oxygens (including phenoxy) is 1. The highest BCUT2D eigenvalue weighted by molar-refractivity contribution is 5.33. The number of rotatable bonds is 7. The van der Waals surface area contributed by atoms with Gasteiger partial charge in [-0.3, -0.25) is 9.80 Å². The van der Waals surface area contributed by atoms with Crippen LogP contribution < -0.4 is 4.74 Å². The second-order valence-electron chi connectivity index (χ2n) is 7.67. The summed E-state index contributed by atoms with van der Waals surface area (Å²) in [4.78, 5) is 4.48.